The van der Waals surface area contributed by atoms with Crippen molar-refractivity contribution in [3.8, 4) is 5.75 Å². The molecule has 1 amide bonds. The molecule has 1 atom stereocenters. The van der Waals surface area contributed by atoms with E-state index in [2.05, 4.69) is 5.10 Å². The number of amides is 1. The van der Waals surface area contributed by atoms with Crippen molar-refractivity contribution < 1.29 is 14.3 Å². The molecule has 0 bridgehead atoms. The molecule has 5 heteroatoms. The van der Waals surface area contributed by atoms with Gasteiger partial charge in [-0.15, -0.1) is 0 Å². The Morgan fingerprint density at radius 1 is 1.36 bits per heavy atom. The van der Waals surface area contributed by atoms with Gasteiger partial charge in [0.1, 0.15) is 17.6 Å². The molecule has 1 aromatic heterocycles. The van der Waals surface area contributed by atoms with Crippen molar-refractivity contribution >= 4 is 11.6 Å². The summed E-state index contributed by atoms with van der Waals surface area (Å²) in [6, 6.07) is 10.3. The summed E-state index contributed by atoms with van der Waals surface area (Å²) < 4.78 is 5.47. The quantitative estimate of drug-likeness (QED) is 0.940. The van der Waals surface area contributed by atoms with Gasteiger partial charge in [0.05, 0.1) is 12.0 Å². The van der Waals surface area contributed by atoms with Crippen LogP contribution in [0, 0.1) is 0 Å². The zero-order chi connectivity index (χ0) is 15.5. The molecule has 22 heavy (non-hydrogen) atoms. The number of carbonyl (C=O) groups is 1. The van der Waals surface area contributed by atoms with E-state index in [9.17, 15) is 9.90 Å². The van der Waals surface area contributed by atoms with Gasteiger partial charge in [0.15, 0.2) is 0 Å². The van der Waals surface area contributed by atoms with Crippen LogP contribution in [0.15, 0.2) is 52.2 Å². The topological polar surface area (TPSA) is 66.0 Å². The molecular weight excluding hydrogens is 280 g/mol. The largest absolute Gasteiger partial charge is 0.508 e. The third kappa shape index (κ3) is 2.74. The Morgan fingerprint density at radius 2 is 2.14 bits per heavy atom. The minimum absolute atomic E-state index is 0.00215. The third-order valence-corrected chi connectivity index (χ3v) is 3.70. The van der Waals surface area contributed by atoms with Crippen LogP contribution in [0.4, 0.5) is 0 Å². The molecule has 5 nitrogen and oxygen atoms in total. The normalized spacial score (nSPS) is 17.6. The van der Waals surface area contributed by atoms with Gasteiger partial charge in [-0.1, -0.05) is 6.92 Å². The first kappa shape index (κ1) is 14.4. The van der Waals surface area contributed by atoms with Crippen molar-refractivity contribution in [1.82, 2.24) is 5.01 Å². The number of aromatic hydroxyl groups is 1. The van der Waals surface area contributed by atoms with Crippen molar-refractivity contribution in [2.45, 2.75) is 32.2 Å². The molecule has 1 unspecified atom stereocenters. The lowest BCUT2D eigenvalue weighted by Gasteiger charge is -2.19. The van der Waals surface area contributed by atoms with Gasteiger partial charge in [-0.2, -0.15) is 5.10 Å². The Kier molecular flexibility index (Phi) is 3.96. The lowest BCUT2D eigenvalue weighted by molar-refractivity contribution is -0.133. The minimum Gasteiger partial charge on any atom is -0.508 e. The molecule has 1 aromatic carbocycles. The highest BCUT2D eigenvalue weighted by atomic mass is 16.3. The zero-order valence-electron chi connectivity index (χ0n) is 12.4. The maximum absolute atomic E-state index is 12.3. The standard InChI is InChI=1S/C17H18N2O3/c1-2-4-17(21)19-15(16-5-3-10-22-16)11-14(18-19)12-6-8-13(20)9-7-12/h3,5-10,15,20H,2,4,11H2,1H3. The second-order valence-corrected chi connectivity index (χ2v) is 5.32. The molecule has 114 valence electrons. The second kappa shape index (κ2) is 6.05. The highest BCUT2D eigenvalue weighted by Gasteiger charge is 2.34. The lowest BCUT2D eigenvalue weighted by Crippen LogP contribution is -2.26. The molecule has 2 aromatic rings. The maximum atomic E-state index is 12.3. The number of phenols is 1. The van der Waals surface area contributed by atoms with E-state index < -0.39 is 0 Å². The number of rotatable bonds is 4. The number of nitrogens with zero attached hydrogens (tertiary/aromatic N) is 2. The van der Waals surface area contributed by atoms with Crippen LogP contribution < -0.4 is 0 Å². The number of carbonyl (C=O) groups excluding carboxylic acids is 1. The van der Waals surface area contributed by atoms with Crippen LogP contribution in [0.25, 0.3) is 0 Å². The Balaban J connectivity index is 1.91. The highest BCUT2D eigenvalue weighted by molar-refractivity contribution is 6.03. The molecular formula is C17H18N2O3. The first-order valence-corrected chi connectivity index (χ1v) is 7.41. The van der Waals surface area contributed by atoms with Crippen LogP contribution in [-0.4, -0.2) is 21.7 Å². The third-order valence-electron chi connectivity index (χ3n) is 3.70. The van der Waals surface area contributed by atoms with E-state index in [1.165, 1.54) is 5.01 Å². The van der Waals surface area contributed by atoms with E-state index in [1.807, 2.05) is 19.1 Å². The summed E-state index contributed by atoms with van der Waals surface area (Å²) in [5.41, 5.74) is 1.73. The fourth-order valence-corrected chi connectivity index (χ4v) is 2.60. The van der Waals surface area contributed by atoms with Crippen LogP contribution in [-0.2, 0) is 4.79 Å². The molecule has 0 saturated heterocycles. The lowest BCUT2D eigenvalue weighted by atomic mass is 10.0. The summed E-state index contributed by atoms with van der Waals surface area (Å²) in [5, 5.41) is 15.4. The molecule has 1 aliphatic rings. The average Bonchev–Trinajstić information content (AvgIpc) is 3.17. The van der Waals surface area contributed by atoms with Crippen LogP contribution >= 0.6 is 0 Å². The smallest absolute Gasteiger partial charge is 0.243 e. The van der Waals surface area contributed by atoms with Crippen molar-refractivity contribution in [3.63, 3.8) is 0 Å². The highest BCUT2D eigenvalue weighted by Crippen LogP contribution is 2.33. The van der Waals surface area contributed by atoms with Gasteiger partial charge in [0.2, 0.25) is 5.91 Å². The van der Waals surface area contributed by atoms with Crippen molar-refractivity contribution in [1.29, 1.82) is 0 Å². The predicted octanol–water partition coefficient (Wildman–Crippen LogP) is 3.46. The summed E-state index contributed by atoms with van der Waals surface area (Å²) in [4.78, 5) is 12.3. The number of hydrogen-bond donors (Lipinski definition) is 1. The van der Waals surface area contributed by atoms with E-state index in [-0.39, 0.29) is 17.7 Å². The molecule has 1 aliphatic heterocycles. The fraction of sp³-hybridized carbons (Fsp3) is 0.294. The van der Waals surface area contributed by atoms with E-state index in [0.717, 1.165) is 23.5 Å². The Morgan fingerprint density at radius 3 is 2.77 bits per heavy atom. The fourth-order valence-electron chi connectivity index (χ4n) is 2.60. The summed E-state index contributed by atoms with van der Waals surface area (Å²) in [5.74, 6) is 0.948. The summed E-state index contributed by atoms with van der Waals surface area (Å²) >= 11 is 0. The number of hydrazone groups is 1. The van der Waals surface area contributed by atoms with E-state index in [0.29, 0.717) is 12.8 Å². The van der Waals surface area contributed by atoms with E-state index in [4.69, 9.17) is 4.42 Å². The van der Waals surface area contributed by atoms with Crippen LogP contribution in [0.3, 0.4) is 0 Å². The van der Waals surface area contributed by atoms with Gasteiger partial charge in [0.25, 0.3) is 0 Å². The first-order chi connectivity index (χ1) is 10.7. The number of hydrogen-bond acceptors (Lipinski definition) is 4. The van der Waals surface area contributed by atoms with Crippen LogP contribution in [0.5, 0.6) is 5.75 Å². The van der Waals surface area contributed by atoms with Crippen LogP contribution in [0.2, 0.25) is 0 Å². The molecule has 0 radical (unpaired) electrons. The summed E-state index contributed by atoms with van der Waals surface area (Å²) in [7, 11) is 0. The van der Waals surface area contributed by atoms with Gasteiger partial charge in [0, 0.05) is 12.8 Å². The molecule has 0 fully saturated rings. The molecule has 2 heterocycles. The Hall–Kier alpha value is -2.56. The van der Waals surface area contributed by atoms with Crippen molar-refractivity contribution in [2.24, 2.45) is 5.10 Å². The van der Waals surface area contributed by atoms with E-state index in [1.54, 1.807) is 30.5 Å². The van der Waals surface area contributed by atoms with Gasteiger partial charge < -0.3 is 9.52 Å². The molecule has 0 aliphatic carbocycles. The average molecular weight is 298 g/mol. The Bertz CT molecular complexity index is 674. The zero-order valence-corrected chi connectivity index (χ0v) is 12.4. The number of furan rings is 1. The monoisotopic (exact) mass is 298 g/mol. The van der Waals surface area contributed by atoms with Gasteiger partial charge in [-0.3, -0.25) is 4.79 Å². The van der Waals surface area contributed by atoms with Gasteiger partial charge >= 0.3 is 0 Å². The van der Waals surface area contributed by atoms with Crippen molar-refractivity contribution in [2.75, 3.05) is 0 Å². The number of phenolic OH excluding ortho intramolecular Hbond substituents is 1. The summed E-state index contributed by atoms with van der Waals surface area (Å²) in [6.07, 6.45) is 3.46. The molecule has 1 N–H and O–H groups in total. The van der Waals surface area contributed by atoms with Crippen molar-refractivity contribution in [3.05, 3.63) is 54.0 Å². The maximum Gasteiger partial charge on any atom is 0.243 e. The van der Waals surface area contributed by atoms with Gasteiger partial charge in [-0.05, 0) is 48.4 Å². The minimum atomic E-state index is -0.196. The summed E-state index contributed by atoms with van der Waals surface area (Å²) in [6.45, 7) is 1.97. The molecule has 0 spiro atoms. The van der Waals surface area contributed by atoms with Gasteiger partial charge in [-0.25, -0.2) is 5.01 Å². The number of benzene rings is 1. The first-order valence-electron chi connectivity index (χ1n) is 7.41. The molecule has 3 rings (SSSR count). The second-order valence-electron chi connectivity index (χ2n) is 5.32. The Labute approximate surface area is 128 Å². The SMILES string of the molecule is CCCC(=O)N1N=C(c2ccc(O)cc2)CC1c1ccco1. The predicted molar refractivity (Wildman–Crippen MR) is 82.5 cm³/mol. The van der Waals surface area contributed by atoms with E-state index >= 15 is 0 Å². The van der Waals surface area contributed by atoms with Crippen LogP contribution in [0.1, 0.15) is 43.6 Å². The molecule has 0 saturated carbocycles.